The van der Waals surface area contributed by atoms with Crippen molar-refractivity contribution in [2.45, 2.75) is 13.3 Å². The second kappa shape index (κ2) is 4.40. The predicted molar refractivity (Wildman–Crippen MR) is 61.2 cm³/mol. The number of hydrogen-bond acceptors (Lipinski definition) is 4. The number of nitro benzene ring substituents is 1. The summed E-state index contributed by atoms with van der Waals surface area (Å²) in [6, 6.07) is 4.29. The van der Waals surface area contributed by atoms with E-state index < -0.39 is 4.92 Å². The third kappa shape index (κ3) is 2.06. The number of fused-ring (bicyclic) bond motifs is 1. The smallest absolute Gasteiger partial charge is 0.273 e. The molecule has 0 saturated carbocycles. The van der Waals surface area contributed by atoms with Crippen molar-refractivity contribution >= 4 is 17.3 Å². The van der Waals surface area contributed by atoms with Crippen molar-refractivity contribution in [3.05, 3.63) is 28.3 Å². The van der Waals surface area contributed by atoms with Crippen LogP contribution in [0.5, 0.6) is 5.75 Å². The molecule has 1 aliphatic rings. The Labute approximate surface area is 97.9 Å². The van der Waals surface area contributed by atoms with E-state index >= 15 is 0 Å². The molecule has 0 radical (unpaired) electrons. The van der Waals surface area contributed by atoms with E-state index in [1.807, 2.05) is 0 Å². The predicted octanol–water partition coefficient (Wildman–Crippen LogP) is 1.73. The molecule has 1 amide bonds. The van der Waals surface area contributed by atoms with Crippen LogP contribution in [-0.4, -0.2) is 24.0 Å². The summed E-state index contributed by atoms with van der Waals surface area (Å²) in [5.74, 6) is 0.385. The third-order valence-electron chi connectivity index (χ3n) is 2.62. The fourth-order valence-electron chi connectivity index (χ4n) is 1.77. The normalized spacial score (nSPS) is 13.8. The fourth-order valence-corrected chi connectivity index (χ4v) is 1.77. The zero-order valence-electron chi connectivity index (χ0n) is 9.38. The molecule has 0 N–H and O–H groups in total. The maximum absolute atomic E-state index is 11.7. The number of anilines is 1. The summed E-state index contributed by atoms with van der Waals surface area (Å²) < 4.78 is 5.34. The third-order valence-corrected chi connectivity index (χ3v) is 2.62. The second-order valence-electron chi connectivity index (χ2n) is 3.66. The van der Waals surface area contributed by atoms with Gasteiger partial charge < -0.3 is 9.64 Å². The average Bonchev–Trinajstić information content (AvgIpc) is 2.36. The summed E-state index contributed by atoms with van der Waals surface area (Å²) >= 11 is 0. The van der Waals surface area contributed by atoms with Crippen LogP contribution in [0.15, 0.2) is 18.2 Å². The zero-order chi connectivity index (χ0) is 12.4. The van der Waals surface area contributed by atoms with Gasteiger partial charge in [-0.25, -0.2) is 0 Å². The molecular formula is C11H12N2O4. The number of carbonyl (C=O) groups is 1. The van der Waals surface area contributed by atoms with E-state index in [-0.39, 0.29) is 11.6 Å². The second-order valence-corrected chi connectivity index (χ2v) is 3.66. The standard InChI is InChI=1S/C11H12N2O4/c1-2-11(14)12-5-6-17-10-7-8(13(15)16)3-4-9(10)12/h3-4,7H,2,5-6H2,1H3. The van der Waals surface area contributed by atoms with Gasteiger partial charge in [-0.1, -0.05) is 6.92 Å². The summed E-state index contributed by atoms with van der Waals surface area (Å²) in [4.78, 5) is 23.4. The molecule has 6 heteroatoms. The monoisotopic (exact) mass is 236 g/mol. The Bertz CT molecular complexity index is 473. The van der Waals surface area contributed by atoms with Crippen LogP contribution in [0.3, 0.4) is 0 Å². The van der Waals surface area contributed by atoms with Gasteiger partial charge in [0.1, 0.15) is 12.4 Å². The van der Waals surface area contributed by atoms with E-state index in [1.165, 1.54) is 12.1 Å². The van der Waals surface area contributed by atoms with Crippen LogP contribution in [0.4, 0.5) is 11.4 Å². The van der Waals surface area contributed by atoms with Crippen LogP contribution in [0.1, 0.15) is 13.3 Å². The molecule has 0 unspecified atom stereocenters. The van der Waals surface area contributed by atoms with Crippen molar-refractivity contribution < 1.29 is 14.5 Å². The van der Waals surface area contributed by atoms with Gasteiger partial charge in [-0.3, -0.25) is 14.9 Å². The molecule has 0 saturated heterocycles. The van der Waals surface area contributed by atoms with E-state index in [0.29, 0.717) is 31.0 Å². The lowest BCUT2D eigenvalue weighted by Crippen LogP contribution is -2.37. The quantitative estimate of drug-likeness (QED) is 0.579. The number of hydrogen-bond donors (Lipinski definition) is 0. The van der Waals surface area contributed by atoms with Gasteiger partial charge in [-0.05, 0) is 6.07 Å². The lowest BCUT2D eigenvalue weighted by Gasteiger charge is -2.29. The average molecular weight is 236 g/mol. The highest BCUT2D eigenvalue weighted by Gasteiger charge is 2.24. The maximum Gasteiger partial charge on any atom is 0.273 e. The summed E-state index contributed by atoms with van der Waals surface area (Å²) in [6.45, 7) is 2.63. The van der Waals surface area contributed by atoms with Crippen LogP contribution in [-0.2, 0) is 4.79 Å². The molecule has 1 aliphatic heterocycles. The van der Waals surface area contributed by atoms with Crippen LogP contribution in [0, 0.1) is 10.1 Å². The van der Waals surface area contributed by atoms with Crippen molar-refractivity contribution in [1.82, 2.24) is 0 Å². The van der Waals surface area contributed by atoms with E-state index in [9.17, 15) is 14.9 Å². The van der Waals surface area contributed by atoms with E-state index in [1.54, 1.807) is 17.9 Å². The Morgan fingerprint density at radius 3 is 3.00 bits per heavy atom. The summed E-state index contributed by atoms with van der Waals surface area (Å²) in [7, 11) is 0. The minimum Gasteiger partial charge on any atom is -0.489 e. The maximum atomic E-state index is 11.7. The summed E-state index contributed by atoms with van der Waals surface area (Å²) in [5.41, 5.74) is 0.572. The lowest BCUT2D eigenvalue weighted by atomic mass is 10.2. The summed E-state index contributed by atoms with van der Waals surface area (Å²) in [5, 5.41) is 10.6. The minimum atomic E-state index is -0.482. The minimum absolute atomic E-state index is 0.0107. The van der Waals surface area contributed by atoms with Crippen molar-refractivity contribution in [3.8, 4) is 5.75 Å². The number of rotatable bonds is 2. The largest absolute Gasteiger partial charge is 0.489 e. The molecule has 0 spiro atoms. The van der Waals surface area contributed by atoms with Gasteiger partial charge in [0.05, 0.1) is 23.2 Å². The van der Waals surface area contributed by atoms with Crippen LogP contribution < -0.4 is 9.64 Å². The molecule has 0 aromatic heterocycles. The molecule has 0 fully saturated rings. The highest BCUT2D eigenvalue weighted by molar-refractivity contribution is 5.95. The lowest BCUT2D eigenvalue weighted by molar-refractivity contribution is -0.384. The Morgan fingerprint density at radius 2 is 2.35 bits per heavy atom. The van der Waals surface area contributed by atoms with Gasteiger partial charge in [0.2, 0.25) is 5.91 Å². The van der Waals surface area contributed by atoms with Crippen molar-refractivity contribution in [3.63, 3.8) is 0 Å². The molecule has 0 atom stereocenters. The zero-order valence-corrected chi connectivity index (χ0v) is 9.38. The molecule has 1 aromatic rings. The first-order valence-electron chi connectivity index (χ1n) is 5.35. The number of carbonyl (C=O) groups excluding carboxylic acids is 1. The Kier molecular flexibility index (Phi) is 2.95. The number of nitrogens with zero attached hydrogens (tertiary/aromatic N) is 2. The highest BCUT2D eigenvalue weighted by atomic mass is 16.6. The molecular weight excluding hydrogens is 224 g/mol. The molecule has 6 nitrogen and oxygen atoms in total. The summed E-state index contributed by atoms with van der Waals surface area (Å²) in [6.07, 6.45) is 0.399. The SMILES string of the molecule is CCC(=O)N1CCOc2cc([N+](=O)[O-])ccc21. The molecule has 0 aliphatic carbocycles. The van der Waals surface area contributed by atoms with Crippen molar-refractivity contribution in [2.24, 2.45) is 0 Å². The van der Waals surface area contributed by atoms with Gasteiger partial charge >= 0.3 is 0 Å². The van der Waals surface area contributed by atoms with Gasteiger partial charge in [-0.2, -0.15) is 0 Å². The van der Waals surface area contributed by atoms with Gasteiger partial charge in [0.15, 0.2) is 0 Å². The van der Waals surface area contributed by atoms with E-state index in [0.717, 1.165) is 0 Å². The number of ether oxygens (including phenoxy) is 1. The molecule has 17 heavy (non-hydrogen) atoms. The molecule has 1 aromatic carbocycles. The first-order valence-corrected chi connectivity index (χ1v) is 5.35. The Morgan fingerprint density at radius 1 is 1.59 bits per heavy atom. The van der Waals surface area contributed by atoms with Crippen LogP contribution >= 0.6 is 0 Å². The topological polar surface area (TPSA) is 72.7 Å². The number of non-ortho nitro benzene ring substituents is 1. The number of benzene rings is 1. The van der Waals surface area contributed by atoms with Crippen LogP contribution in [0.2, 0.25) is 0 Å². The Balaban J connectivity index is 2.40. The van der Waals surface area contributed by atoms with Gasteiger partial charge in [0.25, 0.3) is 5.69 Å². The Hall–Kier alpha value is -2.11. The van der Waals surface area contributed by atoms with Crippen LogP contribution in [0.25, 0.3) is 0 Å². The number of nitro groups is 1. The van der Waals surface area contributed by atoms with Crippen molar-refractivity contribution in [2.75, 3.05) is 18.1 Å². The van der Waals surface area contributed by atoms with E-state index in [2.05, 4.69) is 0 Å². The van der Waals surface area contributed by atoms with Crippen molar-refractivity contribution in [1.29, 1.82) is 0 Å². The van der Waals surface area contributed by atoms with E-state index in [4.69, 9.17) is 4.74 Å². The molecule has 90 valence electrons. The van der Waals surface area contributed by atoms with Gasteiger partial charge in [0, 0.05) is 12.5 Å². The highest BCUT2D eigenvalue weighted by Crippen LogP contribution is 2.34. The molecule has 1 heterocycles. The molecule has 2 rings (SSSR count). The molecule has 0 bridgehead atoms. The fraction of sp³-hybridized carbons (Fsp3) is 0.364. The van der Waals surface area contributed by atoms with Gasteiger partial charge in [-0.15, -0.1) is 0 Å². The number of amides is 1. The first kappa shape index (κ1) is 11.4. The first-order chi connectivity index (χ1) is 8.13.